The van der Waals surface area contributed by atoms with Gasteiger partial charge in [0.05, 0.1) is 15.2 Å². The Hall–Kier alpha value is -2.32. The van der Waals surface area contributed by atoms with E-state index < -0.39 is 21.6 Å². The van der Waals surface area contributed by atoms with Gasteiger partial charge in [-0.15, -0.1) is 0 Å². The van der Waals surface area contributed by atoms with Crippen molar-refractivity contribution in [2.45, 2.75) is 4.90 Å². The lowest BCUT2D eigenvalue weighted by Crippen LogP contribution is -2.15. The third kappa shape index (κ3) is 3.08. The van der Waals surface area contributed by atoms with E-state index in [1.165, 1.54) is 18.2 Å². The van der Waals surface area contributed by atoms with Gasteiger partial charge in [-0.25, -0.2) is 17.8 Å². The third-order valence-corrected chi connectivity index (χ3v) is 5.21. The number of aromatic nitrogens is 1. The van der Waals surface area contributed by atoms with E-state index >= 15 is 0 Å². The summed E-state index contributed by atoms with van der Waals surface area (Å²) in [6.07, 6.45) is 1.03. The second-order valence-corrected chi connectivity index (χ2v) is 7.84. The van der Waals surface area contributed by atoms with Crippen molar-refractivity contribution in [2.75, 3.05) is 11.6 Å². The summed E-state index contributed by atoms with van der Waals surface area (Å²) in [6.45, 7) is 0. The van der Waals surface area contributed by atoms with Gasteiger partial charge in [0.25, 0.3) is 5.91 Å². The number of fused-ring (bicyclic) bond motifs is 1. The van der Waals surface area contributed by atoms with E-state index in [1.54, 1.807) is 24.3 Å². The van der Waals surface area contributed by atoms with Crippen molar-refractivity contribution in [3.63, 3.8) is 0 Å². The Balaban J connectivity index is 1.97. The smallest absolute Gasteiger partial charge is 0.258 e. The number of carbonyl (C=O) groups excluding carboxylic acids is 1. The Morgan fingerprint density at radius 2 is 1.91 bits per heavy atom. The van der Waals surface area contributed by atoms with Gasteiger partial charge < -0.3 is 0 Å². The highest BCUT2D eigenvalue weighted by Gasteiger charge is 2.19. The summed E-state index contributed by atoms with van der Waals surface area (Å²) in [6, 6.07) is 10.4. The predicted molar refractivity (Wildman–Crippen MR) is 87.1 cm³/mol. The minimum atomic E-state index is -3.54. The second-order valence-electron chi connectivity index (χ2n) is 4.83. The largest absolute Gasteiger partial charge is 0.298 e. The first-order valence-corrected chi connectivity index (χ1v) is 9.22. The number of amides is 1. The van der Waals surface area contributed by atoms with Crippen LogP contribution in [0.5, 0.6) is 0 Å². The molecule has 0 atom stereocenters. The van der Waals surface area contributed by atoms with Crippen LogP contribution in [0, 0.1) is 5.82 Å². The molecule has 5 nitrogen and oxygen atoms in total. The average molecular weight is 350 g/mol. The second kappa shape index (κ2) is 5.71. The van der Waals surface area contributed by atoms with Gasteiger partial charge in [-0.05, 0) is 24.3 Å². The molecule has 118 valence electrons. The van der Waals surface area contributed by atoms with Crippen molar-refractivity contribution in [3.8, 4) is 0 Å². The zero-order valence-electron chi connectivity index (χ0n) is 11.9. The Morgan fingerprint density at radius 1 is 1.17 bits per heavy atom. The number of benzene rings is 2. The van der Waals surface area contributed by atoms with Crippen molar-refractivity contribution >= 4 is 42.4 Å². The van der Waals surface area contributed by atoms with E-state index in [0.29, 0.717) is 4.70 Å². The molecule has 2 aromatic carbocycles. The van der Waals surface area contributed by atoms with Crippen LogP contribution in [0.25, 0.3) is 10.2 Å². The molecule has 1 aromatic heterocycles. The molecular formula is C15H11FN2O3S2. The van der Waals surface area contributed by atoms with Crippen molar-refractivity contribution in [2.24, 2.45) is 0 Å². The van der Waals surface area contributed by atoms with Gasteiger partial charge in [-0.3, -0.25) is 10.1 Å². The topological polar surface area (TPSA) is 76.1 Å². The molecule has 0 aliphatic rings. The highest BCUT2D eigenvalue weighted by atomic mass is 32.2. The van der Waals surface area contributed by atoms with E-state index in [2.05, 4.69) is 10.3 Å². The maximum Gasteiger partial charge on any atom is 0.258 e. The maximum atomic E-state index is 13.6. The molecular weight excluding hydrogens is 339 g/mol. The van der Waals surface area contributed by atoms with Crippen LogP contribution < -0.4 is 5.32 Å². The van der Waals surface area contributed by atoms with E-state index in [9.17, 15) is 17.6 Å². The van der Waals surface area contributed by atoms with Crippen LogP contribution in [-0.2, 0) is 9.84 Å². The minimum absolute atomic E-state index is 0.0229. The fraction of sp³-hybridized carbons (Fsp3) is 0.0667. The summed E-state index contributed by atoms with van der Waals surface area (Å²) in [7, 11) is -3.54. The minimum Gasteiger partial charge on any atom is -0.298 e. The van der Waals surface area contributed by atoms with Crippen LogP contribution >= 0.6 is 11.3 Å². The standard InChI is InChI=1S/C15H11FN2O3S2/c1-23(20,21)12-8-3-2-5-9(12)14(19)18-15-17-13-10(16)6-4-7-11(13)22-15/h2-8H,1H3,(H,17,18,19). The molecule has 1 amide bonds. The highest BCUT2D eigenvalue weighted by Crippen LogP contribution is 2.28. The molecule has 1 heterocycles. The lowest BCUT2D eigenvalue weighted by Gasteiger charge is -2.06. The molecule has 1 N–H and O–H groups in total. The van der Waals surface area contributed by atoms with Crippen molar-refractivity contribution in [1.82, 2.24) is 4.98 Å². The Labute approximate surface area is 135 Å². The third-order valence-electron chi connectivity index (χ3n) is 3.12. The van der Waals surface area contributed by atoms with E-state index in [-0.39, 0.29) is 21.1 Å². The van der Waals surface area contributed by atoms with E-state index in [1.807, 2.05) is 0 Å². The number of halogens is 1. The molecule has 8 heteroatoms. The molecule has 0 bridgehead atoms. The number of para-hydroxylation sites is 1. The lowest BCUT2D eigenvalue weighted by molar-refractivity contribution is 0.102. The molecule has 0 aliphatic carbocycles. The number of thiazole rings is 1. The summed E-state index contributed by atoms with van der Waals surface area (Å²) in [5, 5.41) is 2.73. The van der Waals surface area contributed by atoms with E-state index in [0.717, 1.165) is 17.6 Å². The molecule has 0 fully saturated rings. The zero-order chi connectivity index (χ0) is 16.6. The summed E-state index contributed by atoms with van der Waals surface area (Å²) in [4.78, 5) is 16.3. The summed E-state index contributed by atoms with van der Waals surface area (Å²) in [5.41, 5.74) is 0.193. The van der Waals surface area contributed by atoms with Crippen LogP contribution in [0.3, 0.4) is 0 Å². The summed E-state index contributed by atoms with van der Waals surface area (Å²) in [5.74, 6) is -1.08. The molecule has 0 saturated heterocycles. The molecule has 23 heavy (non-hydrogen) atoms. The van der Waals surface area contributed by atoms with Crippen LogP contribution in [-0.4, -0.2) is 25.6 Å². The van der Waals surface area contributed by atoms with Crippen molar-refractivity contribution in [1.29, 1.82) is 0 Å². The summed E-state index contributed by atoms with van der Waals surface area (Å²) >= 11 is 1.12. The van der Waals surface area contributed by atoms with E-state index in [4.69, 9.17) is 0 Å². The van der Waals surface area contributed by atoms with Crippen LogP contribution in [0.2, 0.25) is 0 Å². The number of hydrogen-bond donors (Lipinski definition) is 1. The van der Waals surface area contributed by atoms with Gasteiger partial charge in [0.1, 0.15) is 11.3 Å². The van der Waals surface area contributed by atoms with Gasteiger partial charge in [0.2, 0.25) is 0 Å². The first-order valence-electron chi connectivity index (χ1n) is 6.52. The lowest BCUT2D eigenvalue weighted by atomic mass is 10.2. The quantitative estimate of drug-likeness (QED) is 0.787. The van der Waals surface area contributed by atoms with Crippen molar-refractivity contribution < 1.29 is 17.6 Å². The van der Waals surface area contributed by atoms with Gasteiger partial charge in [-0.1, -0.05) is 29.5 Å². The Kier molecular flexibility index (Phi) is 3.87. The molecule has 0 spiro atoms. The van der Waals surface area contributed by atoms with Crippen molar-refractivity contribution in [3.05, 3.63) is 53.8 Å². The fourth-order valence-corrected chi connectivity index (χ4v) is 3.87. The average Bonchev–Trinajstić information content (AvgIpc) is 2.90. The SMILES string of the molecule is CS(=O)(=O)c1ccccc1C(=O)Nc1nc2c(F)cccc2s1. The first-order chi connectivity index (χ1) is 10.9. The van der Waals surface area contributed by atoms with Crippen LogP contribution in [0.4, 0.5) is 9.52 Å². The maximum absolute atomic E-state index is 13.6. The number of rotatable bonds is 3. The van der Waals surface area contributed by atoms with Crippen LogP contribution in [0.15, 0.2) is 47.4 Å². The fourth-order valence-electron chi connectivity index (χ4n) is 2.11. The highest BCUT2D eigenvalue weighted by molar-refractivity contribution is 7.90. The summed E-state index contributed by atoms with van der Waals surface area (Å²) < 4.78 is 37.7. The number of nitrogens with zero attached hydrogens (tertiary/aromatic N) is 1. The first kappa shape index (κ1) is 15.6. The predicted octanol–water partition coefficient (Wildman–Crippen LogP) is 3.09. The normalized spacial score (nSPS) is 11.6. The number of carbonyl (C=O) groups is 1. The molecule has 0 radical (unpaired) electrons. The monoisotopic (exact) mass is 350 g/mol. The molecule has 0 saturated carbocycles. The van der Waals surface area contributed by atoms with Gasteiger partial charge >= 0.3 is 0 Å². The molecule has 3 aromatic rings. The van der Waals surface area contributed by atoms with Gasteiger partial charge in [-0.2, -0.15) is 0 Å². The Bertz CT molecular complexity index is 1010. The van der Waals surface area contributed by atoms with Gasteiger partial charge in [0, 0.05) is 6.26 Å². The Morgan fingerprint density at radius 3 is 2.61 bits per heavy atom. The molecule has 0 aliphatic heterocycles. The molecule has 0 unspecified atom stereocenters. The number of sulfone groups is 1. The number of nitrogens with one attached hydrogen (secondary N) is 1. The van der Waals surface area contributed by atoms with Gasteiger partial charge in [0.15, 0.2) is 15.0 Å². The molecule has 3 rings (SSSR count). The van der Waals surface area contributed by atoms with Crippen LogP contribution in [0.1, 0.15) is 10.4 Å². The number of anilines is 1. The zero-order valence-corrected chi connectivity index (χ0v) is 13.5. The number of hydrogen-bond acceptors (Lipinski definition) is 5.